The van der Waals surface area contributed by atoms with Gasteiger partial charge in [0, 0.05) is 36.6 Å². The zero-order valence-electron chi connectivity index (χ0n) is 17.3. The highest BCUT2D eigenvalue weighted by atomic mass is 32.1. The average molecular weight is 444 g/mol. The maximum atomic E-state index is 13.3. The number of nitrogens with zero attached hydrogens (tertiary/aromatic N) is 3. The number of carbonyl (C=O) groups is 1. The molecule has 2 aliphatic heterocycles. The fraction of sp³-hybridized carbons (Fsp3) is 0.240. The highest BCUT2D eigenvalue weighted by Crippen LogP contribution is 2.45. The highest BCUT2D eigenvalue weighted by molar-refractivity contribution is 7.13. The molecule has 0 bridgehead atoms. The molecule has 32 heavy (non-hydrogen) atoms. The lowest BCUT2D eigenvalue weighted by molar-refractivity contribution is -0.130. The maximum Gasteiger partial charge on any atom is 0.257 e. The van der Waals surface area contributed by atoms with Crippen LogP contribution in [0.2, 0.25) is 0 Å². The van der Waals surface area contributed by atoms with Crippen LogP contribution in [0.4, 0.5) is 0 Å². The number of hydrogen-bond donors (Lipinski definition) is 0. The summed E-state index contributed by atoms with van der Waals surface area (Å²) in [4.78, 5) is 16.2. The van der Waals surface area contributed by atoms with Crippen LogP contribution in [0.3, 0.4) is 0 Å². The predicted octanol–water partition coefficient (Wildman–Crippen LogP) is 5.44. The van der Waals surface area contributed by atoms with Gasteiger partial charge in [-0.05, 0) is 30.0 Å². The molecule has 0 spiro atoms. The molecule has 1 fully saturated rings. The molecule has 2 aromatic carbocycles. The Morgan fingerprint density at radius 3 is 2.47 bits per heavy atom. The van der Waals surface area contributed by atoms with Crippen molar-refractivity contribution in [3.63, 3.8) is 0 Å². The molecule has 1 saturated heterocycles. The topological polar surface area (TPSA) is 68.5 Å². The summed E-state index contributed by atoms with van der Waals surface area (Å²) < 4.78 is 12.0. The molecule has 2 aromatic heterocycles. The quantitative estimate of drug-likeness (QED) is 0.420. The van der Waals surface area contributed by atoms with E-state index < -0.39 is 0 Å². The van der Waals surface area contributed by atoms with Crippen LogP contribution < -0.4 is 4.74 Å². The van der Waals surface area contributed by atoms with Gasteiger partial charge in [-0.3, -0.25) is 4.79 Å². The molecular weight excluding hydrogens is 422 g/mol. The van der Waals surface area contributed by atoms with Gasteiger partial charge < -0.3 is 14.1 Å². The van der Waals surface area contributed by atoms with Crippen molar-refractivity contribution in [3.8, 4) is 22.3 Å². The zero-order valence-corrected chi connectivity index (χ0v) is 18.1. The Balaban J connectivity index is 1.19. The molecule has 1 amide bonds. The van der Waals surface area contributed by atoms with Gasteiger partial charge in [0.25, 0.3) is 5.89 Å². The Kier molecular flexibility index (Phi) is 4.76. The summed E-state index contributed by atoms with van der Waals surface area (Å²) in [5.74, 6) is 3.03. The number of rotatable bonds is 4. The standard InChI is InChI=1S/C25H21N3O3S/c29-23(14-19-17-6-1-3-8-20(17)30-21-9-4-2-7-18(19)21)28-12-11-16(15-28)24-26-27-25(31-24)22-10-5-13-32-22/h1-10,13,16,19H,11-12,14-15H2/t16-/m1/s1. The molecule has 6 nitrogen and oxygen atoms in total. The summed E-state index contributed by atoms with van der Waals surface area (Å²) in [5, 5.41) is 10.4. The summed E-state index contributed by atoms with van der Waals surface area (Å²) in [6.07, 6.45) is 1.24. The van der Waals surface area contributed by atoms with E-state index >= 15 is 0 Å². The van der Waals surface area contributed by atoms with Crippen molar-refractivity contribution in [2.45, 2.75) is 24.7 Å². The van der Waals surface area contributed by atoms with Crippen molar-refractivity contribution in [1.29, 1.82) is 0 Å². The lowest BCUT2D eigenvalue weighted by Gasteiger charge is -2.29. The number of hydrogen-bond acceptors (Lipinski definition) is 6. The Bertz CT molecular complexity index is 1220. The lowest BCUT2D eigenvalue weighted by atomic mass is 9.85. The van der Waals surface area contributed by atoms with E-state index in [1.807, 2.05) is 58.8 Å². The average Bonchev–Trinajstić information content (AvgIpc) is 3.60. The minimum Gasteiger partial charge on any atom is -0.457 e. The van der Waals surface area contributed by atoms with E-state index in [2.05, 4.69) is 22.3 Å². The van der Waals surface area contributed by atoms with Gasteiger partial charge >= 0.3 is 0 Å². The molecule has 7 heteroatoms. The second-order valence-corrected chi connectivity index (χ2v) is 9.13. The molecule has 0 N–H and O–H groups in total. The minimum absolute atomic E-state index is 0.0171. The number of carbonyl (C=O) groups excluding carboxylic acids is 1. The monoisotopic (exact) mass is 443 g/mol. The second kappa shape index (κ2) is 7.91. The van der Waals surface area contributed by atoms with Crippen molar-refractivity contribution in [1.82, 2.24) is 15.1 Å². The van der Waals surface area contributed by atoms with Gasteiger partial charge in [0.15, 0.2) is 0 Å². The normalized spacial score (nSPS) is 17.6. The Labute approximate surface area is 189 Å². The summed E-state index contributed by atoms with van der Waals surface area (Å²) >= 11 is 1.57. The first-order chi connectivity index (χ1) is 15.8. The molecular formula is C25H21N3O3S. The maximum absolute atomic E-state index is 13.3. The first-order valence-corrected chi connectivity index (χ1v) is 11.6. The van der Waals surface area contributed by atoms with Crippen LogP contribution in [0.5, 0.6) is 11.5 Å². The first kappa shape index (κ1) is 19.3. The van der Waals surface area contributed by atoms with Crippen LogP contribution in [0.25, 0.3) is 10.8 Å². The molecule has 2 aliphatic rings. The van der Waals surface area contributed by atoms with Crippen LogP contribution in [0.15, 0.2) is 70.5 Å². The molecule has 6 rings (SSSR count). The smallest absolute Gasteiger partial charge is 0.257 e. The third-order valence-electron chi connectivity index (χ3n) is 6.25. The van der Waals surface area contributed by atoms with Crippen molar-refractivity contribution in [2.75, 3.05) is 13.1 Å². The number of benzene rings is 2. The van der Waals surface area contributed by atoms with Gasteiger partial charge in [-0.25, -0.2) is 0 Å². The van der Waals surface area contributed by atoms with Crippen molar-refractivity contribution in [2.24, 2.45) is 0 Å². The van der Waals surface area contributed by atoms with E-state index in [1.54, 1.807) is 11.3 Å². The Morgan fingerprint density at radius 2 is 1.75 bits per heavy atom. The van der Waals surface area contributed by atoms with Gasteiger partial charge in [-0.2, -0.15) is 0 Å². The van der Waals surface area contributed by atoms with Crippen molar-refractivity contribution >= 4 is 17.2 Å². The third-order valence-corrected chi connectivity index (χ3v) is 7.11. The molecule has 0 unspecified atom stereocenters. The molecule has 160 valence electrons. The molecule has 0 aliphatic carbocycles. The highest BCUT2D eigenvalue weighted by Gasteiger charge is 2.34. The van der Waals surface area contributed by atoms with Crippen molar-refractivity contribution in [3.05, 3.63) is 83.1 Å². The predicted molar refractivity (Wildman–Crippen MR) is 121 cm³/mol. The fourth-order valence-electron chi connectivity index (χ4n) is 4.62. The summed E-state index contributed by atoms with van der Waals surface area (Å²) in [7, 11) is 0. The molecule has 1 atom stereocenters. The number of ether oxygens (including phenoxy) is 1. The fourth-order valence-corrected chi connectivity index (χ4v) is 5.26. The number of para-hydroxylation sites is 2. The van der Waals surface area contributed by atoms with Crippen LogP contribution >= 0.6 is 11.3 Å². The minimum atomic E-state index is -0.0171. The van der Waals surface area contributed by atoms with E-state index in [1.165, 1.54) is 0 Å². The lowest BCUT2D eigenvalue weighted by Crippen LogP contribution is -2.30. The van der Waals surface area contributed by atoms with Crippen LogP contribution in [0.1, 0.15) is 41.7 Å². The van der Waals surface area contributed by atoms with E-state index in [4.69, 9.17) is 9.15 Å². The molecule has 4 aromatic rings. The SMILES string of the molecule is O=C(CC1c2ccccc2Oc2ccccc21)N1CC[C@@H](c2nnc(-c3cccs3)o2)C1. The Hall–Kier alpha value is -3.45. The molecule has 0 saturated carbocycles. The molecule has 0 radical (unpaired) electrons. The van der Waals surface area contributed by atoms with Crippen molar-refractivity contribution < 1.29 is 13.9 Å². The molecule has 4 heterocycles. The van der Waals surface area contributed by atoms with E-state index in [9.17, 15) is 4.79 Å². The summed E-state index contributed by atoms with van der Waals surface area (Å²) in [5.41, 5.74) is 2.13. The van der Waals surface area contributed by atoms with Gasteiger partial charge in [-0.15, -0.1) is 21.5 Å². The van der Waals surface area contributed by atoms with Crippen LogP contribution in [-0.2, 0) is 4.79 Å². The number of thiophene rings is 1. The number of fused-ring (bicyclic) bond motifs is 2. The van der Waals surface area contributed by atoms with E-state index in [-0.39, 0.29) is 17.7 Å². The number of amides is 1. The van der Waals surface area contributed by atoms with Gasteiger partial charge in [0.2, 0.25) is 11.8 Å². The van der Waals surface area contributed by atoms with E-state index in [0.717, 1.165) is 33.9 Å². The first-order valence-electron chi connectivity index (χ1n) is 10.8. The third kappa shape index (κ3) is 3.39. The van der Waals surface area contributed by atoms with Gasteiger partial charge in [-0.1, -0.05) is 42.5 Å². The second-order valence-electron chi connectivity index (χ2n) is 8.18. The zero-order chi connectivity index (χ0) is 21.5. The Morgan fingerprint density at radius 1 is 1.00 bits per heavy atom. The van der Waals surface area contributed by atoms with E-state index in [0.29, 0.717) is 31.3 Å². The number of likely N-dealkylation sites (tertiary alicyclic amines) is 1. The van der Waals surface area contributed by atoms with Crippen LogP contribution in [-0.4, -0.2) is 34.1 Å². The number of aromatic nitrogens is 2. The van der Waals surface area contributed by atoms with Crippen LogP contribution in [0, 0.1) is 0 Å². The largest absolute Gasteiger partial charge is 0.457 e. The van der Waals surface area contributed by atoms with Gasteiger partial charge in [0.1, 0.15) is 11.5 Å². The summed E-state index contributed by atoms with van der Waals surface area (Å²) in [6.45, 7) is 1.31. The van der Waals surface area contributed by atoms with Gasteiger partial charge in [0.05, 0.1) is 10.8 Å². The summed E-state index contributed by atoms with van der Waals surface area (Å²) in [6, 6.07) is 19.9.